The highest BCUT2D eigenvalue weighted by atomic mass is 16.5. The van der Waals surface area contributed by atoms with E-state index in [1.54, 1.807) is 13.3 Å². The van der Waals surface area contributed by atoms with Gasteiger partial charge in [-0.15, -0.1) is 0 Å². The van der Waals surface area contributed by atoms with E-state index in [0.717, 1.165) is 22.6 Å². The van der Waals surface area contributed by atoms with Gasteiger partial charge in [0.05, 0.1) is 13.2 Å². The lowest BCUT2D eigenvalue weighted by Crippen LogP contribution is -2.29. The summed E-state index contributed by atoms with van der Waals surface area (Å²) >= 11 is 0. The minimum Gasteiger partial charge on any atom is -0.496 e. The molecule has 3 N–H and O–H groups in total. The third kappa shape index (κ3) is 2.34. The molecule has 0 saturated heterocycles. The standard InChI is InChI=1S/C14H17N3O/c1-10-11(7-5-9-16-10)14(17-15)12-6-3-4-8-13(12)18-2/h3-9,14,17H,15H2,1-2H3. The Hall–Kier alpha value is -1.91. The van der Waals surface area contributed by atoms with Crippen LogP contribution in [0.3, 0.4) is 0 Å². The molecule has 0 aliphatic heterocycles. The summed E-state index contributed by atoms with van der Waals surface area (Å²) in [5, 5.41) is 0. The van der Waals surface area contributed by atoms with Crippen LogP contribution in [0.1, 0.15) is 22.9 Å². The number of hydrogen-bond donors (Lipinski definition) is 2. The van der Waals surface area contributed by atoms with Gasteiger partial charge in [-0.05, 0) is 24.6 Å². The number of nitrogens with two attached hydrogens (primary N) is 1. The maximum Gasteiger partial charge on any atom is 0.124 e. The first-order valence-corrected chi connectivity index (χ1v) is 5.78. The Bertz CT molecular complexity index is 528. The maximum atomic E-state index is 5.70. The van der Waals surface area contributed by atoms with Gasteiger partial charge in [-0.3, -0.25) is 10.8 Å². The average molecular weight is 243 g/mol. The summed E-state index contributed by atoms with van der Waals surface area (Å²) in [5.41, 5.74) is 5.83. The molecule has 0 radical (unpaired) electrons. The van der Waals surface area contributed by atoms with Crippen LogP contribution in [0.25, 0.3) is 0 Å². The second kappa shape index (κ2) is 5.62. The van der Waals surface area contributed by atoms with E-state index in [1.807, 2.05) is 43.3 Å². The number of hydrazine groups is 1. The van der Waals surface area contributed by atoms with Gasteiger partial charge in [0.15, 0.2) is 0 Å². The summed E-state index contributed by atoms with van der Waals surface area (Å²) < 4.78 is 5.37. The highest BCUT2D eigenvalue weighted by molar-refractivity contribution is 5.42. The van der Waals surface area contributed by atoms with Crippen LogP contribution in [0, 0.1) is 6.92 Å². The van der Waals surface area contributed by atoms with Crippen LogP contribution in [0.5, 0.6) is 5.75 Å². The Morgan fingerprint density at radius 3 is 2.56 bits per heavy atom. The number of nitrogens with one attached hydrogen (secondary N) is 1. The van der Waals surface area contributed by atoms with E-state index in [0.29, 0.717) is 0 Å². The minimum absolute atomic E-state index is 0.130. The van der Waals surface area contributed by atoms with E-state index in [4.69, 9.17) is 10.6 Å². The highest BCUT2D eigenvalue weighted by Crippen LogP contribution is 2.30. The molecule has 0 amide bonds. The second-order valence-corrected chi connectivity index (χ2v) is 4.02. The van der Waals surface area contributed by atoms with Crippen molar-refractivity contribution in [1.29, 1.82) is 0 Å². The van der Waals surface area contributed by atoms with Crippen molar-refractivity contribution in [3.8, 4) is 5.75 Å². The van der Waals surface area contributed by atoms with Crippen molar-refractivity contribution in [1.82, 2.24) is 10.4 Å². The molecular formula is C14H17N3O. The average Bonchev–Trinajstić information content (AvgIpc) is 2.42. The third-order valence-electron chi connectivity index (χ3n) is 2.98. The number of methoxy groups -OCH3 is 1. The summed E-state index contributed by atoms with van der Waals surface area (Å²) in [6.45, 7) is 1.97. The molecule has 0 aliphatic rings. The van der Waals surface area contributed by atoms with Gasteiger partial charge in [-0.1, -0.05) is 24.3 Å². The van der Waals surface area contributed by atoms with E-state index < -0.39 is 0 Å². The molecule has 1 heterocycles. The zero-order chi connectivity index (χ0) is 13.0. The topological polar surface area (TPSA) is 60.2 Å². The lowest BCUT2D eigenvalue weighted by molar-refractivity contribution is 0.404. The van der Waals surface area contributed by atoms with E-state index in [1.165, 1.54) is 0 Å². The molecule has 1 aromatic carbocycles. The molecule has 2 rings (SSSR count). The molecule has 94 valence electrons. The van der Waals surface area contributed by atoms with E-state index in [9.17, 15) is 0 Å². The molecule has 0 saturated carbocycles. The number of hydrogen-bond acceptors (Lipinski definition) is 4. The molecule has 0 spiro atoms. The Balaban J connectivity index is 2.49. The summed E-state index contributed by atoms with van der Waals surface area (Å²) in [4.78, 5) is 4.29. The number of aryl methyl sites for hydroxylation is 1. The molecule has 0 aliphatic carbocycles. The quantitative estimate of drug-likeness (QED) is 0.636. The van der Waals surface area contributed by atoms with Crippen molar-refractivity contribution < 1.29 is 4.74 Å². The number of aromatic nitrogens is 1. The lowest BCUT2D eigenvalue weighted by Gasteiger charge is -2.20. The predicted octanol–water partition coefficient (Wildman–Crippen LogP) is 1.95. The first-order chi connectivity index (χ1) is 8.77. The summed E-state index contributed by atoms with van der Waals surface area (Å²) in [5.74, 6) is 6.50. The number of para-hydroxylation sites is 1. The van der Waals surface area contributed by atoms with Gasteiger partial charge in [0.2, 0.25) is 0 Å². The van der Waals surface area contributed by atoms with Gasteiger partial charge in [0.25, 0.3) is 0 Å². The molecule has 1 aromatic heterocycles. The number of rotatable bonds is 4. The van der Waals surface area contributed by atoms with Crippen LogP contribution < -0.4 is 16.0 Å². The second-order valence-electron chi connectivity index (χ2n) is 4.02. The van der Waals surface area contributed by atoms with Crippen molar-refractivity contribution in [2.24, 2.45) is 5.84 Å². The molecular weight excluding hydrogens is 226 g/mol. The lowest BCUT2D eigenvalue weighted by atomic mass is 9.97. The molecule has 2 aromatic rings. The third-order valence-corrected chi connectivity index (χ3v) is 2.98. The number of ether oxygens (including phenoxy) is 1. The highest BCUT2D eigenvalue weighted by Gasteiger charge is 2.18. The molecule has 1 unspecified atom stereocenters. The monoisotopic (exact) mass is 243 g/mol. The van der Waals surface area contributed by atoms with E-state index in [2.05, 4.69) is 10.4 Å². The molecule has 0 bridgehead atoms. The van der Waals surface area contributed by atoms with Crippen LogP contribution in [0.4, 0.5) is 0 Å². The fraction of sp³-hybridized carbons (Fsp3) is 0.214. The van der Waals surface area contributed by atoms with Crippen molar-refractivity contribution in [3.63, 3.8) is 0 Å². The normalized spacial score (nSPS) is 12.2. The van der Waals surface area contributed by atoms with Crippen molar-refractivity contribution in [3.05, 3.63) is 59.4 Å². The van der Waals surface area contributed by atoms with Crippen molar-refractivity contribution in [2.75, 3.05) is 7.11 Å². The van der Waals surface area contributed by atoms with Crippen LogP contribution in [0.2, 0.25) is 0 Å². The predicted molar refractivity (Wildman–Crippen MR) is 71.1 cm³/mol. The first-order valence-electron chi connectivity index (χ1n) is 5.78. The van der Waals surface area contributed by atoms with Crippen LogP contribution >= 0.6 is 0 Å². The summed E-state index contributed by atoms with van der Waals surface area (Å²) in [7, 11) is 1.66. The molecule has 1 atom stereocenters. The SMILES string of the molecule is COc1ccccc1C(NN)c1cccnc1C. The van der Waals surface area contributed by atoms with Crippen molar-refractivity contribution in [2.45, 2.75) is 13.0 Å². The fourth-order valence-electron chi connectivity index (χ4n) is 2.05. The summed E-state index contributed by atoms with van der Waals surface area (Å²) in [6.07, 6.45) is 1.77. The number of nitrogens with zero attached hydrogens (tertiary/aromatic N) is 1. The van der Waals surface area contributed by atoms with Gasteiger partial charge in [-0.25, -0.2) is 5.43 Å². The van der Waals surface area contributed by atoms with Gasteiger partial charge < -0.3 is 4.74 Å². The molecule has 0 fully saturated rings. The molecule has 4 nitrogen and oxygen atoms in total. The largest absolute Gasteiger partial charge is 0.496 e. The van der Waals surface area contributed by atoms with Gasteiger partial charge >= 0.3 is 0 Å². The zero-order valence-electron chi connectivity index (χ0n) is 10.6. The Labute approximate surface area is 107 Å². The zero-order valence-corrected chi connectivity index (χ0v) is 10.6. The smallest absolute Gasteiger partial charge is 0.124 e. The van der Waals surface area contributed by atoms with Gasteiger partial charge in [0.1, 0.15) is 5.75 Å². The van der Waals surface area contributed by atoms with Gasteiger partial charge in [-0.2, -0.15) is 0 Å². The van der Waals surface area contributed by atoms with Crippen LogP contribution in [0.15, 0.2) is 42.6 Å². The van der Waals surface area contributed by atoms with Crippen molar-refractivity contribution >= 4 is 0 Å². The van der Waals surface area contributed by atoms with E-state index >= 15 is 0 Å². The Kier molecular flexibility index (Phi) is 3.92. The van der Waals surface area contributed by atoms with Crippen LogP contribution in [-0.4, -0.2) is 12.1 Å². The minimum atomic E-state index is -0.130. The Morgan fingerprint density at radius 1 is 1.17 bits per heavy atom. The van der Waals surface area contributed by atoms with Gasteiger partial charge in [0, 0.05) is 17.5 Å². The number of benzene rings is 1. The molecule has 18 heavy (non-hydrogen) atoms. The fourth-order valence-corrected chi connectivity index (χ4v) is 2.05. The number of pyridine rings is 1. The van der Waals surface area contributed by atoms with E-state index in [-0.39, 0.29) is 6.04 Å². The molecule has 4 heteroatoms. The first kappa shape index (κ1) is 12.5. The summed E-state index contributed by atoms with van der Waals surface area (Å²) in [6, 6.07) is 11.6. The Morgan fingerprint density at radius 2 is 1.89 bits per heavy atom. The van der Waals surface area contributed by atoms with Crippen LogP contribution in [-0.2, 0) is 0 Å². The maximum absolute atomic E-state index is 5.70.